The van der Waals surface area contributed by atoms with Crippen LogP contribution in [0.3, 0.4) is 0 Å². The Morgan fingerprint density at radius 1 is 0.905 bits per heavy atom. The molecule has 0 heterocycles. The van der Waals surface area contributed by atoms with E-state index in [1.54, 1.807) is 50.6 Å². The Bertz CT molecular complexity index is 628. The predicted octanol–water partition coefficient (Wildman–Crippen LogP) is 3.45. The summed E-state index contributed by atoms with van der Waals surface area (Å²) in [6, 6.07) is 10.4. The monoisotopic (exact) mass is 308 g/mol. The molecule has 2 rings (SSSR count). The number of aliphatic hydroxyl groups excluding tert-OH is 1. The van der Waals surface area contributed by atoms with Crippen molar-refractivity contribution >= 4 is 11.6 Å². The summed E-state index contributed by atoms with van der Waals surface area (Å²) < 4.78 is 15.6. The molecule has 1 unspecified atom stereocenters. The van der Waals surface area contributed by atoms with E-state index in [0.717, 1.165) is 0 Å². The summed E-state index contributed by atoms with van der Waals surface area (Å²) in [5, 5.41) is 11.1. The minimum Gasteiger partial charge on any atom is -0.497 e. The van der Waals surface area contributed by atoms with Gasteiger partial charge in [0.05, 0.1) is 26.4 Å². The van der Waals surface area contributed by atoms with E-state index in [0.29, 0.717) is 33.4 Å². The Kier molecular flexibility index (Phi) is 4.94. The standard InChI is InChI=1S/C16H17ClO4/c1-19-11-5-6-12(14(9-11)20-2)16(18)10-4-7-13(17)15(8-10)21-3/h4-9,16,18H,1-3H3. The van der Waals surface area contributed by atoms with Gasteiger partial charge in [0.1, 0.15) is 23.4 Å². The lowest BCUT2D eigenvalue weighted by atomic mass is 10.00. The number of rotatable bonds is 5. The van der Waals surface area contributed by atoms with Gasteiger partial charge in [0.2, 0.25) is 0 Å². The largest absolute Gasteiger partial charge is 0.497 e. The first-order valence-electron chi connectivity index (χ1n) is 6.34. The van der Waals surface area contributed by atoms with Crippen molar-refractivity contribution in [1.82, 2.24) is 0 Å². The van der Waals surface area contributed by atoms with E-state index in [2.05, 4.69) is 0 Å². The maximum Gasteiger partial charge on any atom is 0.137 e. The van der Waals surface area contributed by atoms with Crippen molar-refractivity contribution < 1.29 is 19.3 Å². The molecule has 0 aliphatic carbocycles. The van der Waals surface area contributed by atoms with Gasteiger partial charge >= 0.3 is 0 Å². The maximum absolute atomic E-state index is 10.6. The van der Waals surface area contributed by atoms with Crippen LogP contribution in [0, 0.1) is 0 Å². The molecular formula is C16H17ClO4. The SMILES string of the molecule is COc1ccc(C(O)c2ccc(Cl)c(OC)c2)c(OC)c1. The highest BCUT2D eigenvalue weighted by Crippen LogP contribution is 2.35. The van der Waals surface area contributed by atoms with Gasteiger partial charge in [-0.25, -0.2) is 0 Å². The first kappa shape index (κ1) is 15.5. The molecule has 0 saturated carbocycles. The highest BCUT2D eigenvalue weighted by Gasteiger charge is 2.17. The topological polar surface area (TPSA) is 47.9 Å². The van der Waals surface area contributed by atoms with Gasteiger partial charge in [-0.15, -0.1) is 0 Å². The fraction of sp³-hybridized carbons (Fsp3) is 0.250. The quantitative estimate of drug-likeness (QED) is 0.919. The molecule has 1 N–H and O–H groups in total. The third kappa shape index (κ3) is 3.23. The number of ether oxygens (including phenoxy) is 3. The molecule has 2 aromatic rings. The summed E-state index contributed by atoms with van der Waals surface area (Å²) in [5.41, 5.74) is 1.31. The van der Waals surface area contributed by atoms with Crippen molar-refractivity contribution in [3.8, 4) is 17.2 Å². The molecule has 5 heteroatoms. The Balaban J connectivity index is 2.41. The molecule has 0 radical (unpaired) electrons. The van der Waals surface area contributed by atoms with Crippen LogP contribution in [0.5, 0.6) is 17.2 Å². The Hall–Kier alpha value is -1.91. The third-order valence-electron chi connectivity index (χ3n) is 3.23. The van der Waals surface area contributed by atoms with E-state index in [4.69, 9.17) is 25.8 Å². The fourth-order valence-corrected chi connectivity index (χ4v) is 2.27. The van der Waals surface area contributed by atoms with Crippen molar-refractivity contribution in [2.75, 3.05) is 21.3 Å². The van der Waals surface area contributed by atoms with Crippen molar-refractivity contribution in [2.45, 2.75) is 6.10 Å². The molecule has 21 heavy (non-hydrogen) atoms. The maximum atomic E-state index is 10.6. The average Bonchev–Trinajstić information content (AvgIpc) is 2.54. The summed E-state index contributed by atoms with van der Waals surface area (Å²) >= 11 is 6.00. The van der Waals surface area contributed by atoms with Crippen molar-refractivity contribution in [1.29, 1.82) is 0 Å². The Morgan fingerprint density at radius 3 is 2.24 bits per heavy atom. The van der Waals surface area contributed by atoms with Crippen LogP contribution in [0.25, 0.3) is 0 Å². The zero-order valence-electron chi connectivity index (χ0n) is 12.1. The molecule has 0 aliphatic heterocycles. The molecule has 0 aromatic heterocycles. The van der Waals surface area contributed by atoms with E-state index in [1.807, 2.05) is 0 Å². The first-order chi connectivity index (χ1) is 10.1. The van der Waals surface area contributed by atoms with Crippen LogP contribution < -0.4 is 14.2 Å². The van der Waals surface area contributed by atoms with Gasteiger partial charge in [-0.1, -0.05) is 17.7 Å². The summed E-state index contributed by atoms with van der Waals surface area (Å²) in [5.74, 6) is 1.73. The number of aliphatic hydroxyl groups is 1. The molecule has 0 saturated heterocycles. The summed E-state index contributed by atoms with van der Waals surface area (Å²) in [6.07, 6.45) is -0.850. The van der Waals surface area contributed by atoms with E-state index in [1.165, 1.54) is 7.11 Å². The molecule has 2 aromatic carbocycles. The number of hydrogen-bond donors (Lipinski definition) is 1. The molecule has 0 fully saturated rings. The van der Waals surface area contributed by atoms with E-state index >= 15 is 0 Å². The molecule has 0 aliphatic rings. The third-order valence-corrected chi connectivity index (χ3v) is 3.54. The average molecular weight is 309 g/mol. The van der Waals surface area contributed by atoms with Gasteiger partial charge < -0.3 is 19.3 Å². The van der Waals surface area contributed by atoms with Gasteiger partial charge in [0.25, 0.3) is 0 Å². The van der Waals surface area contributed by atoms with Crippen LogP contribution in [0.4, 0.5) is 0 Å². The predicted molar refractivity (Wildman–Crippen MR) is 81.6 cm³/mol. The summed E-state index contributed by atoms with van der Waals surface area (Å²) in [7, 11) is 4.66. The van der Waals surface area contributed by atoms with Gasteiger partial charge in [-0.2, -0.15) is 0 Å². The molecule has 0 bridgehead atoms. The second kappa shape index (κ2) is 6.70. The first-order valence-corrected chi connectivity index (χ1v) is 6.72. The van der Waals surface area contributed by atoms with Crippen LogP contribution in [0.1, 0.15) is 17.2 Å². The van der Waals surface area contributed by atoms with Gasteiger partial charge in [-0.05, 0) is 29.8 Å². The highest BCUT2D eigenvalue weighted by atomic mass is 35.5. The molecule has 4 nitrogen and oxygen atoms in total. The van der Waals surface area contributed by atoms with Crippen molar-refractivity contribution in [2.24, 2.45) is 0 Å². The zero-order chi connectivity index (χ0) is 15.4. The smallest absolute Gasteiger partial charge is 0.137 e. The number of hydrogen-bond acceptors (Lipinski definition) is 4. The normalized spacial score (nSPS) is 11.9. The summed E-state index contributed by atoms with van der Waals surface area (Å²) in [4.78, 5) is 0. The van der Waals surface area contributed by atoms with Gasteiger partial charge in [0.15, 0.2) is 0 Å². The van der Waals surface area contributed by atoms with Crippen molar-refractivity contribution in [3.63, 3.8) is 0 Å². The van der Waals surface area contributed by atoms with E-state index < -0.39 is 6.10 Å². The second-order valence-electron chi connectivity index (χ2n) is 4.40. The molecule has 112 valence electrons. The molecule has 0 amide bonds. The summed E-state index contributed by atoms with van der Waals surface area (Å²) in [6.45, 7) is 0. The molecular weight excluding hydrogens is 292 g/mol. The number of halogens is 1. The van der Waals surface area contributed by atoms with Gasteiger partial charge in [-0.3, -0.25) is 0 Å². The number of benzene rings is 2. The Labute approximate surface area is 128 Å². The number of methoxy groups -OCH3 is 3. The lowest BCUT2D eigenvalue weighted by Crippen LogP contribution is -2.03. The van der Waals surface area contributed by atoms with Crippen LogP contribution >= 0.6 is 11.6 Å². The molecule has 0 spiro atoms. The second-order valence-corrected chi connectivity index (χ2v) is 4.81. The van der Waals surface area contributed by atoms with Crippen LogP contribution in [0.15, 0.2) is 36.4 Å². The fourth-order valence-electron chi connectivity index (χ4n) is 2.07. The lowest BCUT2D eigenvalue weighted by molar-refractivity contribution is 0.214. The van der Waals surface area contributed by atoms with Crippen molar-refractivity contribution in [3.05, 3.63) is 52.5 Å². The molecule has 1 atom stereocenters. The van der Waals surface area contributed by atoms with Crippen LogP contribution in [-0.2, 0) is 0 Å². The van der Waals surface area contributed by atoms with Crippen LogP contribution in [-0.4, -0.2) is 26.4 Å². The Morgan fingerprint density at radius 2 is 1.62 bits per heavy atom. The minimum absolute atomic E-state index is 0.496. The highest BCUT2D eigenvalue weighted by molar-refractivity contribution is 6.32. The van der Waals surface area contributed by atoms with E-state index in [9.17, 15) is 5.11 Å². The lowest BCUT2D eigenvalue weighted by Gasteiger charge is -2.17. The zero-order valence-corrected chi connectivity index (χ0v) is 12.8. The minimum atomic E-state index is -0.850. The van der Waals surface area contributed by atoms with Crippen LogP contribution in [0.2, 0.25) is 5.02 Å². The van der Waals surface area contributed by atoms with Gasteiger partial charge in [0, 0.05) is 11.6 Å². The van der Waals surface area contributed by atoms with E-state index in [-0.39, 0.29) is 0 Å².